The van der Waals surface area contributed by atoms with Crippen LogP contribution < -0.4 is 10.1 Å². The summed E-state index contributed by atoms with van der Waals surface area (Å²) in [6.07, 6.45) is 0. The van der Waals surface area contributed by atoms with E-state index in [2.05, 4.69) is 5.32 Å². The summed E-state index contributed by atoms with van der Waals surface area (Å²) in [7, 11) is 0. The monoisotopic (exact) mass is 331 g/mol. The number of hydrogen-bond donors (Lipinski definition) is 1. The summed E-state index contributed by atoms with van der Waals surface area (Å²) < 4.78 is 5.58. The number of amides is 1. The van der Waals surface area contributed by atoms with Crippen molar-refractivity contribution in [2.24, 2.45) is 0 Å². The van der Waals surface area contributed by atoms with Crippen LogP contribution in [-0.4, -0.2) is 12.5 Å². The number of carbonyl (C=O) groups is 1. The molecule has 0 atom stereocenters. The second-order valence-electron chi connectivity index (χ2n) is 5.92. The van der Waals surface area contributed by atoms with Gasteiger partial charge in [0.25, 0.3) is 5.91 Å². The third-order valence-electron chi connectivity index (χ3n) is 3.96. The van der Waals surface area contributed by atoms with Gasteiger partial charge in [-0.25, -0.2) is 0 Å². The summed E-state index contributed by atoms with van der Waals surface area (Å²) in [5.74, 6) is 0.537. The summed E-state index contributed by atoms with van der Waals surface area (Å²) in [5.41, 5.74) is 3.24. The molecule has 1 amide bonds. The Balaban J connectivity index is 1.69. The highest BCUT2D eigenvalue weighted by atomic mass is 16.5. The molecule has 0 unspecified atom stereocenters. The molecule has 0 spiro atoms. The van der Waals surface area contributed by atoms with Crippen LogP contribution in [0.25, 0.3) is 0 Å². The maximum absolute atomic E-state index is 12.4. The average molecular weight is 331 g/mol. The van der Waals surface area contributed by atoms with E-state index in [4.69, 9.17) is 4.74 Å². The first-order valence-corrected chi connectivity index (χ1v) is 8.31. The van der Waals surface area contributed by atoms with Crippen LogP contribution in [0.15, 0.2) is 84.9 Å². The van der Waals surface area contributed by atoms with E-state index in [0.717, 1.165) is 16.7 Å². The number of carbonyl (C=O) groups excluding carboxylic acids is 1. The molecule has 0 radical (unpaired) electrons. The molecule has 0 saturated carbocycles. The summed E-state index contributed by atoms with van der Waals surface area (Å²) in [4.78, 5) is 12.4. The Morgan fingerprint density at radius 3 is 1.88 bits per heavy atom. The van der Waals surface area contributed by atoms with E-state index in [0.29, 0.717) is 5.75 Å². The largest absolute Gasteiger partial charge is 0.484 e. The van der Waals surface area contributed by atoms with Gasteiger partial charge in [0.1, 0.15) is 5.75 Å². The van der Waals surface area contributed by atoms with Crippen molar-refractivity contribution >= 4 is 5.91 Å². The van der Waals surface area contributed by atoms with E-state index in [1.807, 2.05) is 91.9 Å². The Labute approximate surface area is 148 Å². The molecule has 25 heavy (non-hydrogen) atoms. The topological polar surface area (TPSA) is 38.3 Å². The van der Waals surface area contributed by atoms with Crippen molar-refractivity contribution in [3.8, 4) is 5.75 Å². The van der Waals surface area contributed by atoms with Gasteiger partial charge in [0, 0.05) is 0 Å². The summed E-state index contributed by atoms with van der Waals surface area (Å²) in [6, 6.07) is 27.3. The van der Waals surface area contributed by atoms with Crippen LogP contribution in [0.1, 0.15) is 22.7 Å². The molecule has 3 rings (SSSR count). The second-order valence-corrected chi connectivity index (χ2v) is 5.92. The predicted octanol–water partition coefficient (Wildman–Crippen LogP) is 4.28. The van der Waals surface area contributed by atoms with Crippen molar-refractivity contribution in [3.05, 3.63) is 102 Å². The smallest absolute Gasteiger partial charge is 0.258 e. The van der Waals surface area contributed by atoms with Crippen molar-refractivity contribution < 1.29 is 9.53 Å². The molecule has 0 bridgehead atoms. The third-order valence-corrected chi connectivity index (χ3v) is 3.96. The van der Waals surface area contributed by atoms with Gasteiger partial charge in [-0.15, -0.1) is 0 Å². The molecule has 0 fully saturated rings. The molecule has 3 heteroatoms. The molecule has 0 aliphatic heterocycles. The average Bonchev–Trinajstić information content (AvgIpc) is 2.67. The molecule has 0 aromatic heterocycles. The van der Waals surface area contributed by atoms with E-state index in [1.54, 1.807) is 0 Å². The summed E-state index contributed by atoms with van der Waals surface area (Å²) in [6.45, 7) is 2.00. The van der Waals surface area contributed by atoms with Gasteiger partial charge in [0.15, 0.2) is 6.61 Å². The first-order chi connectivity index (χ1) is 12.2. The zero-order chi connectivity index (χ0) is 17.5. The lowest BCUT2D eigenvalue weighted by Crippen LogP contribution is -2.33. The molecule has 0 aliphatic rings. The fourth-order valence-corrected chi connectivity index (χ4v) is 2.64. The fourth-order valence-electron chi connectivity index (χ4n) is 2.64. The van der Waals surface area contributed by atoms with Crippen LogP contribution >= 0.6 is 0 Å². The van der Waals surface area contributed by atoms with Crippen molar-refractivity contribution in [2.45, 2.75) is 13.0 Å². The summed E-state index contributed by atoms with van der Waals surface area (Å²) >= 11 is 0. The number of hydrogen-bond acceptors (Lipinski definition) is 2. The Kier molecular flexibility index (Phi) is 5.47. The summed E-state index contributed by atoms with van der Waals surface area (Å²) in [5, 5.41) is 3.07. The van der Waals surface area contributed by atoms with Gasteiger partial charge in [-0.05, 0) is 30.2 Å². The van der Waals surface area contributed by atoms with Gasteiger partial charge in [0.05, 0.1) is 6.04 Å². The van der Waals surface area contributed by atoms with E-state index in [9.17, 15) is 4.79 Å². The van der Waals surface area contributed by atoms with Gasteiger partial charge in [-0.2, -0.15) is 0 Å². The Bertz CT molecular complexity index is 759. The van der Waals surface area contributed by atoms with Gasteiger partial charge in [0.2, 0.25) is 0 Å². The molecule has 0 aliphatic carbocycles. The molecule has 0 heterocycles. The lowest BCUT2D eigenvalue weighted by molar-refractivity contribution is -0.123. The number of rotatable bonds is 6. The molecule has 3 aromatic rings. The minimum atomic E-state index is -0.198. The molecular formula is C22H21NO2. The van der Waals surface area contributed by atoms with E-state index >= 15 is 0 Å². The van der Waals surface area contributed by atoms with E-state index in [1.165, 1.54) is 0 Å². The quantitative estimate of drug-likeness (QED) is 0.732. The first kappa shape index (κ1) is 16.8. The van der Waals surface area contributed by atoms with Gasteiger partial charge >= 0.3 is 0 Å². The zero-order valence-electron chi connectivity index (χ0n) is 14.2. The molecule has 3 nitrogen and oxygen atoms in total. The van der Waals surface area contributed by atoms with Crippen LogP contribution in [0.2, 0.25) is 0 Å². The van der Waals surface area contributed by atoms with Crippen LogP contribution in [-0.2, 0) is 4.79 Å². The van der Waals surface area contributed by atoms with Crippen molar-refractivity contribution in [3.63, 3.8) is 0 Å². The first-order valence-electron chi connectivity index (χ1n) is 8.31. The van der Waals surface area contributed by atoms with Gasteiger partial charge < -0.3 is 10.1 Å². The second kappa shape index (κ2) is 8.15. The number of ether oxygens (including phenoxy) is 1. The minimum Gasteiger partial charge on any atom is -0.484 e. The number of nitrogens with one attached hydrogen (secondary N) is 1. The van der Waals surface area contributed by atoms with Gasteiger partial charge in [-0.3, -0.25) is 4.79 Å². The lowest BCUT2D eigenvalue weighted by Gasteiger charge is -2.20. The molecular weight excluding hydrogens is 310 g/mol. The third kappa shape index (κ3) is 4.70. The van der Waals surface area contributed by atoms with Crippen molar-refractivity contribution in [2.75, 3.05) is 6.61 Å². The predicted molar refractivity (Wildman–Crippen MR) is 99.5 cm³/mol. The van der Waals surface area contributed by atoms with E-state index < -0.39 is 0 Å². The molecule has 3 aromatic carbocycles. The minimum absolute atomic E-state index is 0.0147. The molecule has 126 valence electrons. The highest BCUT2D eigenvalue weighted by Crippen LogP contribution is 2.21. The van der Waals surface area contributed by atoms with Crippen LogP contribution in [0.3, 0.4) is 0 Å². The zero-order valence-corrected chi connectivity index (χ0v) is 14.2. The highest BCUT2D eigenvalue weighted by molar-refractivity contribution is 5.78. The van der Waals surface area contributed by atoms with Crippen LogP contribution in [0.5, 0.6) is 5.75 Å². The Hall–Kier alpha value is -3.07. The molecule has 0 saturated heterocycles. The highest BCUT2D eigenvalue weighted by Gasteiger charge is 2.16. The lowest BCUT2D eigenvalue weighted by atomic mass is 9.99. The van der Waals surface area contributed by atoms with E-state index in [-0.39, 0.29) is 18.6 Å². The Morgan fingerprint density at radius 1 is 0.840 bits per heavy atom. The maximum atomic E-state index is 12.4. The fraction of sp³-hybridized carbons (Fsp3) is 0.136. The van der Waals surface area contributed by atoms with Crippen LogP contribution in [0, 0.1) is 6.92 Å². The van der Waals surface area contributed by atoms with Crippen molar-refractivity contribution in [1.82, 2.24) is 5.32 Å². The Morgan fingerprint density at radius 2 is 1.36 bits per heavy atom. The standard InChI is InChI=1S/C22H21NO2/c1-17-12-14-20(15-13-17)25-16-21(24)23-22(18-8-4-2-5-9-18)19-10-6-3-7-11-19/h2-15,22H,16H2,1H3,(H,23,24). The normalized spacial score (nSPS) is 10.5. The van der Waals surface area contributed by atoms with Gasteiger partial charge in [-0.1, -0.05) is 78.4 Å². The maximum Gasteiger partial charge on any atom is 0.258 e. The number of benzene rings is 3. The number of aryl methyl sites for hydroxylation is 1. The van der Waals surface area contributed by atoms with Crippen molar-refractivity contribution in [1.29, 1.82) is 0 Å². The SMILES string of the molecule is Cc1ccc(OCC(=O)NC(c2ccccc2)c2ccccc2)cc1. The molecule has 1 N–H and O–H groups in total. The van der Waals surface area contributed by atoms with Crippen LogP contribution in [0.4, 0.5) is 0 Å².